The molecule has 32 heavy (non-hydrogen) atoms. The highest BCUT2D eigenvalue weighted by Gasteiger charge is 2.28. The largest absolute Gasteiger partial charge is 0.339 e. The van der Waals surface area contributed by atoms with Gasteiger partial charge in [-0.3, -0.25) is 0 Å². The molecule has 2 heterocycles. The van der Waals surface area contributed by atoms with Crippen molar-refractivity contribution in [2.45, 2.75) is 24.3 Å². The molecule has 1 atom stereocenters. The monoisotopic (exact) mass is 444 g/mol. The third-order valence-electron chi connectivity index (χ3n) is 5.81. The Morgan fingerprint density at radius 1 is 0.969 bits per heavy atom. The highest BCUT2D eigenvalue weighted by molar-refractivity contribution is 7.89. The summed E-state index contributed by atoms with van der Waals surface area (Å²) in [6.07, 6.45) is 2.46. The third-order valence-corrected chi connectivity index (χ3v) is 7.35. The molecule has 1 saturated heterocycles. The number of hydrogen-bond donors (Lipinski definition) is 1. The maximum Gasteiger partial charge on any atom is 0.240 e. The lowest BCUT2D eigenvalue weighted by molar-refractivity contribution is 0.561. The van der Waals surface area contributed by atoms with E-state index in [2.05, 4.69) is 40.0 Å². The van der Waals surface area contributed by atoms with E-state index < -0.39 is 10.0 Å². The summed E-state index contributed by atoms with van der Waals surface area (Å²) < 4.78 is 28.3. The van der Waals surface area contributed by atoms with Crippen LogP contribution in [0.15, 0.2) is 83.9 Å². The first kappa shape index (κ1) is 20.6. The van der Waals surface area contributed by atoms with E-state index in [9.17, 15) is 8.42 Å². The second kappa shape index (κ2) is 8.33. The molecule has 1 fully saturated rings. The molecule has 6 nitrogen and oxygen atoms in total. The number of rotatable bonds is 5. The van der Waals surface area contributed by atoms with E-state index in [0.717, 1.165) is 22.2 Å². The van der Waals surface area contributed by atoms with Crippen LogP contribution in [0.1, 0.15) is 12.0 Å². The van der Waals surface area contributed by atoms with Crippen LogP contribution in [-0.2, 0) is 10.0 Å². The standard InChI is InChI=1S/C25H24N4O2S/c1-18-6-10-23(11-7-18)32(30,31)28-22-13-15-29(17-22)25-26-14-12-24(27-25)21-9-8-19-4-2-3-5-20(19)16-21/h2-12,14,16,22,28H,13,15,17H2,1H3. The summed E-state index contributed by atoms with van der Waals surface area (Å²) in [5, 5.41) is 2.35. The normalized spacial score (nSPS) is 16.5. The van der Waals surface area contributed by atoms with Gasteiger partial charge < -0.3 is 4.90 Å². The van der Waals surface area contributed by atoms with Crippen LogP contribution in [0.4, 0.5) is 5.95 Å². The molecule has 1 aliphatic rings. The minimum Gasteiger partial charge on any atom is -0.339 e. The van der Waals surface area contributed by atoms with Crippen LogP contribution < -0.4 is 9.62 Å². The van der Waals surface area contributed by atoms with Crippen LogP contribution in [0.2, 0.25) is 0 Å². The number of aromatic nitrogens is 2. The lowest BCUT2D eigenvalue weighted by Crippen LogP contribution is -2.37. The van der Waals surface area contributed by atoms with E-state index in [1.54, 1.807) is 18.3 Å². The van der Waals surface area contributed by atoms with Gasteiger partial charge in [-0.1, -0.05) is 54.1 Å². The quantitative estimate of drug-likeness (QED) is 0.500. The van der Waals surface area contributed by atoms with Crippen molar-refractivity contribution < 1.29 is 8.42 Å². The van der Waals surface area contributed by atoms with Crippen molar-refractivity contribution in [1.29, 1.82) is 0 Å². The van der Waals surface area contributed by atoms with Crippen molar-refractivity contribution in [2.75, 3.05) is 18.0 Å². The Morgan fingerprint density at radius 3 is 2.56 bits per heavy atom. The summed E-state index contributed by atoms with van der Waals surface area (Å²) >= 11 is 0. The predicted molar refractivity (Wildman–Crippen MR) is 127 cm³/mol. The highest BCUT2D eigenvalue weighted by Crippen LogP contribution is 2.25. The van der Waals surface area contributed by atoms with Gasteiger partial charge in [0.15, 0.2) is 0 Å². The number of anilines is 1. The Kier molecular flexibility index (Phi) is 5.36. The number of sulfonamides is 1. The molecule has 1 unspecified atom stereocenters. The first-order chi connectivity index (χ1) is 15.5. The molecule has 0 amide bonds. The van der Waals surface area contributed by atoms with Gasteiger partial charge in [0, 0.05) is 30.9 Å². The molecule has 7 heteroatoms. The topological polar surface area (TPSA) is 75.2 Å². The summed E-state index contributed by atoms with van der Waals surface area (Å²) in [6.45, 7) is 3.17. The second-order valence-electron chi connectivity index (χ2n) is 8.17. The van der Waals surface area contributed by atoms with Gasteiger partial charge in [-0.2, -0.15) is 0 Å². The van der Waals surface area contributed by atoms with E-state index in [0.29, 0.717) is 25.5 Å². The maximum absolute atomic E-state index is 12.7. The zero-order valence-electron chi connectivity index (χ0n) is 17.8. The van der Waals surface area contributed by atoms with Gasteiger partial charge >= 0.3 is 0 Å². The van der Waals surface area contributed by atoms with Gasteiger partial charge in [0.1, 0.15) is 0 Å². The lowest BCUT2D eigenvalue weighted by atomic mass is 10.1. The van der Waals surface area contributed by atoms with Crippen molar-refractivity contribution in [1.82, 2.24) is 14.7 Å². The van der Waals surface area contributed by atoms with Crippen molar-refractivity contribution in [3.8, 4) is 11.3 Å². The number of fused-ring (bicyclic) bond motifs is 1. The van der Waals surface area contributed by atoms with Crippen molar-refractivity contribution in [3.05, 3.63) is 84.6 Å². The maximum atomic E-state index is 12.7. The Morgan fingerprint density at radius 2 is 1.75 bits per heavy atom. The SMILES string of the molecule is Cc1ccc(S(=O)(=O)NC2CCN(c3nccc(-c4ccc5ccccc5c4)n3)C2)cc1. The van der Waals surface area contributed by atoms with Gasteiger partial charge in [-0.15, -0.1) is 0 Å². The summed E-state index contributed by atoms with van der Waals surface area (Å²) in [4.78, 5) is 11.5. The van der Waals surface area contributed by atoms with Crippen LogP contribution in [0.5, 0.6) is 0 Å². The van der Waals surface area contributed by atoms with E-state index in [1.165, 1.54) is 5.39 Å². The first-order valence-electron chi connectivity index (χ1n) is 10.6. The summed E-state index contributed by atoms with van der Waals surface area (Å²) in [6, 6.07) is 23.1. The molecule has 3 aromatic carbocycles. The molecular weight excluding hydrogens is 420 g/mol. The minimum atomic E-state index is -3.56. The highest BCUT2D eigenvalue weighted by atomic mass is 32.2. The number of benzene rings is 3. The molecular formula is C25H24N4O2S. The van der Waals surface area contributed by atoms with Crippen LogP contribution in [0.3, 0.4) is 0 Å². The van der Waals surface area contributed by atoms with Gasteiger partial charge in [0.25, 0.3) is 0 Å². The fourth-order valence-corrected chi connectivity index (χ4v) is 5.31. The molecule has 0 saturated carbocycles. The summed E-state index contributed by atoms with van der Waals surface area (Å²) in [7, 11) is -3.56. The fraction of sp³-hybridized carbons (Fsp3) is 0.200. The zero-order valence-corrected chi connectivity index (χ0v) is 18.6. The molecule has 0 aliphatic carbocycles. The number of hydrogen-bond acceptors (Lipinski definition) is 5. The smallest absolute Gasteiger partial charge is 0.240 e. The van der Waals surface area contributed by atoms with E-state index in [-0.39, 0.29) is 10.9 Å². The van der Waals surface area contributed by atoms with E-state index >= 15 is 0 Å². The Bertz CT molecular complexity index is 1370. The van der Waals surface area contributed by atoms with Crippen LogP contribution >= 0.6 is 0 Å². The van der Waals surface area contributed by atoms with Gasteiger partial charge in [0.2, 0.25) is 16.0 Å². The van der Waals surface area contributed by atoms with E-state index in [4.69, 9.17) is 4.98 Å². The second-order valence-corrected chi connectivity index (χ2v) is 9.88. The molecule has 5 rings (SSSR count). The zero-order chi connectivity index (χ0) is 22.1. The van der Waals surface area contributed by atoms with Crippen molar-refractivity contribution in [3.63, 3.8) is 0 Å². The lowest BCUT2D eigenvalue weighted by Gasteiger charge is -2.17. The van der Waals surface area contributed by atoms with Crippen LogP contribution in [0.25, 0.3) is 22.0 Å². The van der Waals surface area contributed by atoms with Crippen LogP contribution in [-0.4, -0.2) is 37.5 Å². The van der Waals surface area contributed by atoms with Gasteiger partial charge in [-0.05, 0) is 48.4 Å². The summed E-state index contributed by atoms with van der Waals surface area (Å²) in [5.74, 6) is 0.618. The van der Waals surface area contributed by atoms with E-state index in [1.807, 2.05) is 42.2 Å². The van der Waals surface area contributed by atoms with Crippen molar-refractivity contribution >= 4 is 26.7 Å². The first-order valence-corrected chi connectivity index (χ1v) is 12.1. The van der Waals surface area contributed by atoms with Gasteiger partial charge in [-0.25, -0.2) is 23.1 Å². The molecule has 1 aromatic heterocycles. The average Bonchev–Trinajstić information content (AvgIpc) is 3.27. The molecule has 162 valence electrons. The number of aryl methyl sites for hydroxylation is 1. The fourth-order valence-electron chi connectivity index (χ4n) is 4.05. The molecule has 0 radical (unpaired) electrons. The molecule has 0 bridgehead atoms. The third kappa shape index (κ3) is 4.22. The average molecular weight is 445 g/mol. The number of nitrogens with zero attached hydrogens (tertiary/aromatic N) is 3. The summed E-state index contributed by atoms with van der Waals surface area (Å²) in [5.41, 5.74) is 2.91. The number of nitrogens with one attached hydrogen (secondary N) is 1. The molecule has 4 aromatic rings. The molecule has 1 aliphatic heterocycles. The predicted octanol–water partition coefficient (Wildman–Crippen LogP) is 4.16. The Hall–Kier alpha value is -3.29. The Labute approximate surface area is 188 Å². The Balaban J connectivity index is 1.32. The molecule has 1 N–H and O–H groups in total. The minimum absolute atomic E-state index is 0.186. The van der Waals surface area contributed by atoms with Crippen molar-refractivity contribution in [2.24, 2.45) is 0 Å². The molecule has 0 spiro atoms. The van der Waals surface area contributed by atoms with Gasteiger partial charge in [0.05, 0.1) is 10.6 Å². The van der Waals surface area contributed by atoms with Crippen LogP contribution in [0, 0.1) is 6.92 Å².